The Hall–Kier alpha value is 0.668. The SMILES string of the molecule is CCCCCCCCCCCCCCCCCCOP(=O)(O)OCC[As](C)(C)C. The summed E-state index contributed by atoms with van der Waals surface area (Å²) in [6.07, 6.45) is 21.1. The van der Waals surface area contributed by atoms with Gasteiger partial charge in [-0.2, -0.15) is 0 Å². The molecule has 1 N–H and O–H groups in total. The van der Waals surface area contributed by atoms with E-state index >= 15 is 0 Å². The van der Waals surface area contributed by atoms with Crippen LogP contribution >= 0.6 is 7.82 Å². The summed E-state index contributed by atoms with van der Waals surface area (Å²) in [6, 6.07) is 0. The fourth-order valence-corrected chi connectivity index (χ4v) is 5.71. The van der Waals surface area contributed by atoms with Crippen LogP contribution < -0.4 is 0 Å². The maximum atomic E-state index is 11.8. The Morgan fingerprint density at radius 2 is 0.966 bits per heavy atom. The fourth-order valence-electron chi connectivity index (χ4n) is 3.30. The third-order valence-electron chi connectivity index (χ3n) is 5.27. The monoisotopic (exact) mass is 497 g/mol. The number of phosphoric ester groups is 1. The van der Waals surface area contributed by atoms with Crippen LogP contribution in [0.25, 0.3) is 0 Å². The zero-order valence-corrected chi connectivity index (χ0v) is 22.8. The van der Waals surface area contributed by atoms with Crippen LogP contribution in [0.3, 0.4) is 0 Å². The second-order valence-corrected chi connectivity index (χ2v) is 21.5. The molecule has 29 heavy (non-hydrogen) atoms. The van der Waals surface area contributed by atoms with Crippen LogP contribution in [-0.4, -0.2) is 31.7 Å². The van der Waals surface area contributed by atoms with Gasteiger partial charge in [0.15, 0.2) is 0 Å². The quantitative estimate of drug-likeness (QED) is 0.0923. The van der Waals surface area contributed by atoms with Crippen LogP contribution in [0.1, 0.15) is 110 Å². The molecule has 0 aromatic heterocycles. The summed E-state index contributed by atoms with van der Waals surface area (Å²) < 4.78 is 21.9. The molecule has 0 aromatic carbocycles. The molecule has 0 aliphatic rings. The van der Waals surface area contributed by atoms with Crippen LogP contribution in [0.15, 0.2) is 0 Å². The Balaban J connectivity index is 3.28. The molecule has 6 heteroatoms. The van der Waals surface area contributed by atoms with Gasteiger partial charge in [0.05, 0.1) is 0 Å². The molecular formula is C23H51AsO4P. The van der Waals surface area contributed by atoms with Crippen molar-refractivity contribution in [3.05, 3.63) is 0 Å². The molecule has 0 bridgehead atoms. The molecule has 0 aromatic rings. The van der Waals surface area contributed by atoms with E-state index in [4.69, 9.17) is 9.05 Å². The Morgan fingerprint density at radius 1 is 0.621 bits per heavy atom. The van der Waals surface area contributed by atoms with Gasteiger partial charge in [-0.05, 0) is 0 Å². The van der Waals surface area contributed by atoms with Gasteiger partial charge in [-0.1, -0.05) is 71.1 Å². The zero-order valence-electron chi connectivity index (χ0n) is 20.0. The predicted octanol–water partition coefficient (Wildman–Crippen LogP) is 8.72. The van der Waals surface area contributed by atoms with E-state index < -0.39 is 21.4 Å². The van der Waals surface area contributed by atoms with Gasteiger partial charge in [0.25, 0.3) is 0 Å². The van der Waals surface area contributed by atoms with E-state index in [9.17, 15) is 9.46 Å². The van der Waals surface area contributed by atoms with E-state index in [0.717, 1.165) is 18.1 Å². The number of hydrogen-bond donors (Lipinski definition) is 1. The van der Waals surface area contributed by atoms with Gasteiger partial charge in [0, 0.05) is 0 Å². The van der Waals surface area contributed by atoms with Crippen molar-refractivity contribution in [2.24, 2.45) is 0 Å². The van der Waals surface area contributed by atoms with Crippen molar-refractivity contribution in [2.45, 2.75) is 132 Å². The van der Waals surface area contributed by atoms with Crippen molar-refractivity contribution < 1.29 is 18.5 Å². The van der Waals surface area contributed by atoms with Crippen LogP contribution in [0.2, 0.25) is 22.3 Å². The van der Waals surface area contributed by atoms with Crippen molar-refractivity contribution in [1.82, 2.24) is 0 Å². The molecular weight excluding hydrogens is 446 g/mol. The summed E-state index contributed by atoms with van der Waals surface area (Å²) in [6.45, 7) is 2.93. The molecule has 0 aliphatic carbocycles. The van der Waals surface area contributed by atoms with E-state index in [-0.39, 0.29) is 0 Å². The zero-order chi connectivity index (χ0) is 21.8. The Kier molecular flexibility index (Phi) is 19.8. The Morgan fingerprint density at radius 3 is 1.34 bits per heavy atom. The summed E-state index contributed by atoms with van der Waals surface area (Å²) in [4.78, 5) is 9.67. The summed E-state index contributed by atoms with van der Waals surface area (Å²) in [5.74, 6) is 0. The van der Waals surface area contributed by atoms with Gasteiger partial charge in [-0.25, -0.2) is 0 Å². The molecule has 0 heterocycles. The van der Waals surface area contributed by atoms with Crippen LogP contribution in [0.5, 0.6) is 0 Å². The predicted molar refractivity (Wildman–Crippen MR) is 129 cm³/mol. The molecule has 0 rings (SSSR count). The van der Waals surface area contributed by atoms with E-state index in [1.807, 2.05) is 0 Å². The second-order valence-electron chi connectivity index (χ2n) is 9.45. The molecule has 0 amide bonds. The summed E-state index contributed by atoms with van der Waals surface area (Å²) in [5.41, 5.74) is 6.75. The minimum absolute atomic E-state index is 0.321. The van der Waals surface area contributed by atoms with Gasteiger partial charge in [-0.15, -0.1) is 0 Å². The van der Waals surface area contributed by atoms with E-state index in [0.29, 0.717) is 13.2 Å². The van der Waals surface area contributed by atoms with Crippen molar-refractivity contribution in [1.29, 1.82) is 0 Å². The number of unbranched alkanes of at least 4 members (excludes halogenated alkanes) is 15. The first-order valence-corrected chi connectivity index (χ1v) is 20.6. The molecule has 0 aliphatic heterocycles. The average Bonchev–Trinajstić information content (AvgIpc) is 2.63. The minimum atomic E-state index is -3.84. The molecule has 0 saturated carbocycles. The van der Waals surface area contributed by atoms with E-state index in [2.05, 4.69) is 24.1 Å². The molecule has 177 valence electrons. The summed E-state index contributed by atoms with van der Waals surface area (Å²) in [7, 11) is -3.84. The molecule has 4 nitrogen and oxygen atoms in total. The normalized spacial score (nSPS) is 14.2. The van der Waals surface area contributed by atoms with Gasteiger partial charge < -0.3 is 0 Å². The Labute approximate surface area is 185 Å². The van der Waals surface area contributed by atoms with Crippen LogP contribution in [-0.2, 0) is 13.6 Å². The summed E-state index contributed by atoms with van der Waals surface area (Å²) in [5, 5.41) is 0.908. The first kappa shape index (κ1) is 29.7. The van der Waals surface area contributed by atoms with Crippen molar-refractivity contribution in [3.8, 4) is 0 Å². The van der Waals surface area contributed by atoms with Crippen molar-refractivity contribution >= 4 is 21.4 Å². The van der Waals surface area contributed by atoms with E-state index in [1.54, 1.807) is 0 Å². The third-order valence-corrected chi connectivity index (χ3v) is 9.48. The number of rotatable bonds is 22. The number of hydrogen-bond acceptors (Lipinski definition) is 3. The van der Waals surface area contributed by atoms with Gasteiger partial charge >= 0.3 is 114 Å². The molecule has 1 unspecified atom stereocenters. The number of phosphoric acid groups is 1. The molecule has 0 saturated heterocycles. The van der Waals surface area contributed by atoms with Crippen LogP contribution in [0, 0.1) is 0 Å². The average molecular weight is 498 g/mol. The molecule has 1 radical (unpaired) electrons. The van der Waals surface area contributed by atoms with Gasteiger partial charge in [0.2, 0.25) is 0 Å². The first-order chi connectivity index (χ1) is 13.8. The van der Waals surface area contributed by atoms with Crippen LogP contribution in [0.4, 0.5) is 0 Å². The van der Waals surface area contributed by atoms with E-state index in [1.165, 1.54) is 89.9 Å². The topological polar surface area (TPSA) is 55.8 Å². The molecule has 0 fully saturated rings. The van der Waals surface area contributed by atoms with Gasteiger partial charge in [0.1, 0.15) is 0 Å². The molecule has 1 atom stereocenters. The maximum absolute atomic E-state index is 11.8. The van der Waals surface area contributed by atoms with Crippen molar-refractivity contribution in [2.75, 3.05) is 13.2 Å². The second kappa shape index (κ2) is 19.4. The first-order valence-electron chi connectivity index (χ1n) is 12.2. The Bertz CT molecular complexity index is 399. The fraction of sp³-hybridized carbons (Fsp3) is 1.00. The summed E-state index contributed by atoms with van der Waals surface area (Å²) >= 11 is -1.57. The third kappa shape index (κ3) is 24.8. The molecule has 0 spiro atoms. The van der Waals surface area contributed by atoms with Crippen molar-refractivity contribution in [3.63, 3.8) is 0 Å². The standard InChI is InChI=1S/C23H51AsO4P/c1-5-6-7-8-9-10-11-12-13-14-15-16-17-18-19-20-22-27-29(25,26)28-23-21-24(2,3)4/h5-23H2,1-4H3,(H,25,26). The van der Waals surface area contributed by atoms with Gasteiger partial charge in [-0.3, -0.25) is 0 Å².